The van der Waals surface area contributed by atoms with Crippen molar-refractivity contribution in [3.05, 3.63) is 210 Å². The number of anilines is 3. The van der Waals surface area contributed by atoms with Crippen molar-refractivity contribution in [1.29, 1.82) is 0 Å². The minimum Gasteiger partial charge on any atom is -0.456 e. The summed E-state index contributed by atoms with van der Waals surface area (Å²) in [6.45, 7) is 9.40. The van der Waals surface area contributed by atoms with E-state index in [4.69, 9.17) is 8.83 Å². The second kappa shape index (κ2) is 13.0. The van der Waals surface area contributed by atoms with Crippen molar-refractivity contribution in [2.75, 3.05) is 4.90 Å². The molecule has 0 fully saturated rings. The van der Waals surface area contributed by atoms with E-state index >= 15 is 0 Å². The molecule has 2 heterocycles. The van der Waals surface area contributed by atoms with Gasteiger partial charge in [-0.2, -0.15) is 0 Å². The molecule has 3 nitrogen and oxygen atoms in total. The lowest BCUT2D eigenvalue weighted by Crippen LogP contribution is -2.17. The molecule has 0 spiro atoms. The Labute approximate surface area is 366 Å². The summed E-state index contributed by atoms with van der Waals surface area (Å²) in [5, 5.41) is 4.20. The summed E-state index contributed by atoms with van der Waals surface area (Å²) in [4.78, 5) is 2.45. The molecule has 9 aromatic carbocycles. The Balaban J connectivity index is 1.11. The fourth-order valence-electron chi connectivity index (χ4n) is 11.2. The Morgan fingerprint density at radius 3 is 1.71 bits per heavy atom. The average Bonchev–Trinajstić information content (AvgIpc) is 4.01. The third-order valence-corrected chi connectivity index (χ3v) is 14.3. The molecular formula is C60H43NO2. The van der Waals surface area contributed by atoms with E-state index < -0.39 is 0 Å². The van der Waals surface area contributed by atoms with Crippen LogP contribution in [-0.2, 0) is 10.8 Å². The molecule has 2 aliphatic rings. The number of hydrogen-bond acceptors (Lipinski definition) is 3. The predicted molar refractivity (Wildman–Crippen MR) is 262 cm³/mol. The van der Waals surface area contributed by atoms with Gasteiger partial charge < -0.3 is 13.7 Å². The van der Waals surface area contributed by atoms with Gasteiger partial charge in [0, 0.05) is 43.8 Å². The van der Waals surface area contributed by atoms with E-state index in [1.807, 2.05) is 0 Å². The molecule has 2 aliphatic carbocycles. The Kier molecular flexibility index (Phi) is 7.42. The predicted octanol–water partition coefficient (Wildman–Crippen LogP) is 16.9. The van der Waals surface area contributed by atoms with Gasteiger partial charge in [-0.15, -0.1) is 0 Å². The van der Waals surface area contributed by atoms with Crippen LogP contribution in [0.2, 0.25) is 0 Å². The minimum atomic E-state index is -0.172. The van der Waals surface area contributed by atoms with Gasteiger partial charge in [-0.1, -0.05) is 167 Å². The van der Waals surface area contributed by atoms with E-state index in [0.717, 1.165) is 83.2 Å². The maximum atomic E-state index is 7.26. The Morgan fingerprint density at radius 1 is 0.365 bits per heavy atom. The largest absolute Gasteiger partial charge is 0.456 e. The molecule has 0 radical (unpaired) electrons. The second-order valence-corrected chi connectivity index (χ2v) is 18.4. The first-order valence-corrected chi connectivity index (χ1v) is 22.0. The number of furan rings is 2. The van der Waals surface area contributed by atoms with Gasteiger partial charge in [-0.25, -0.2) is 0 Å². The monoisotopic (exact) mass is 809 g/mol. The van der Waals surface area contributed by atoms with Gasteiger partial charge >= 0.3 is 0 Å². The third kappa shape index (κ3) is 5.02. The van der Waals surface area contributed by atoms with Crippen LogP contribution >= 0.6 is 0 Å². The zero-order valence-electron chi connectivity index (χ0n) is 35.7. The number of nitrogens with zero attached hydrogens (tertiary/aromatic N) is 1. The number of benzene rings is 9. The highest BCUT2D eigenvalue weighted by molar-refractivity contribution is 6.25. The topological polar surface area (TPSA) is 29.5 Å². The van der Waals surface area contributed by atoms with E-state index in [0.29, 0.717) is 0 Å². The number of rotatable bonds is 5. The first kappa shape index (κ1) is 36.1. The van der Waals surface area contributed by atoms with Crippen molar-refractivity contribution in [3.63, 3.8) is 0 Å². The zero-order valence-corrected chi connectivity index (χ0v) is 35.7. The van der Waals surface area contributed by atoms with Crippen LogP contribution in [0.1, 0.15) is 49.9 Å². The molecule has 0 saturated heterocycles. The van der Waals surface area contributed by atoms with Crippen molar-refractivity contribution < 1.29 is 8.83 Å². The van der Waals surface area contributed by atoms with Crippen LogP contribution in [0, 0.1) is 0 Å². The smallest absolute Gasteiger partial charge is 0.144 e. The van der Waals surface area contributed by atoms with E-state index in [1.165, 1.54) is 44.5 Å². The first-order valence-electron chi connectivity index (χ1n) is 22.0. The fraction of sp³-hybridized carbons (Fsp3) is 0.100. The molecule has 11 aromatic rings. The SMILES string of the molecule is CC1(C)c2ccccc2-c2ccc(-c3c4oc5cccc(N(c6ccc7c(c6)C(C)(C)c6ccccc6-7)c6ccccc6-c6ccccc6)c5c4cc4oc5ccccc5c34)cc21. The van der Waals surface area contributed by atoms with Gasteiger partial charge in [-0.05, 0) is 104 Å². The molecular weight excluding hydrogens is 767 g/mol. The second-order valence-electron chi connectivity index (χ2n) is 18.4. The van der Waals surface area contributed by atoms with E-state index in [2.05, 4.69) is 221 Å². The van der Waals surface area contributed by atoms with E-state index in [9.17, 15) is 0 Å². The summed E-state index contributed by atoms with van der Waals surface area (Å²) in [6, 6.07) is 68.4. The van der Waals surface area contributed by atoms with Gasteiger partial charge in [-0.3, -0.25) is 0 Å². The van der Waals surface area contributed by atoms with Gasteiger partial charge in [0.05, 0.1) is 16.8 Å². The molecule has 0 atom stereocenters. The van der Waals surface area contributed by atoms with E-state index in [-0.39, 0.29) is 10.8 Å². The molecule has 0 amide bonds. The summed E-state index contributed by atoms with van der Waals surface area (Å²) in [5.41, 5.74) is 21.3. The van der Waals surface area contributed by atoms with Crippen LogP contribution in [0.15, 0.2) is 197 Å². The minimum absolute atomic E-state index is 0.160. The van der Waals surface area contributed by atoms with Crippen molar-refractivity contribution in [3.8, 4) is 44.5 Å². The van der Waals surface area contributed by atoms with Crippen LogP contribution in [-0.4, -0.2) is 0 Å². The number of hydrogen-bond donors (Lipinski definition) is 0. The number of fused-ring (bicyclic) bond motifs is 12. The zero-order chi connectivity index (χ0) is 42.2. The molecule has 0 bridgehead atoms. The van der Waals surface area contributed by atoms with Gasteiger partial charge in [0.1, 0.15) is 22.3 Å². The summed E-state index contributed by atoms with van der Waals surface area (Å²) >= 11 is 0. The van der Waals surface area contributed by atoms with Gasteiger partial charge in [0.25, 0.3) is 0 Å². The number of para-hydroxylation sites is 2. The Hall–Kier alpha value is -7.62. The first-order chi connectivity index (χ1) is 30.8. The molecule has 2 aromatic heterocycles. The van der Waals surface area contributed by atoms with E-state index in [1.54, 1.807) is 0 Å². The molecule has 0 unspecified atom stereocenters. The Morgan fingerprint density at radius 2 is 0.952 bits per heavy atom. The third-order valence-electron chi connectivity index (χ3n) is 14.3. The normalized spacial score (nSPS) is 14.3. The molecule has 3 heteroatoms. The molecule has 0 saturated carbocycles. The van der Waals surface area contributed by atoms with Crippen molar-refractivity contribution in [2.45, 2.75) is 38.5 Å². The summed E-state index contributed by atoms with van der Waals surface area (Å²) in [5.74, 6) is 0. The van der Waals surface area contributed by atoms with Crippen LogP contribution in [0.25, 0.3) is 88.4 Å². The highest BCUT2D eigenvalue weighted by atomic mass is 16.3. The van der Waals surface area contributed by atoms with Crippen LogP contribution in [0.3, 0.4) is 0 Å². The summed E-state index contributed by atoms with van der Waals surface area (Å²) in [7, 11) is 0. The molecule has 0 aliphatic heterocycles. The summed E-state index contributed by atoms with van der Waals surface area (Å²) in [6.07, 6.45) is 0. The van der Waals surface area contributed by atoms with Crippen molar-refractivity contribution in [1.82, 2.24) is 0 Å². The molecule has 13 rings (SSSR count). The lowest BCUT2D eigenvalue weighted by Gasteiger charge is -2.30. The fourth-order valence-corrected chi connectivity index (χ4v) is 11.2. The Bertz CT molecular complexity index is 3690. The maximum Gasteiger partial charge on any atom is 0.144 e. The van der Waals surface area contributed by atoms with Crippen LogP contribution in [0.4, 0.5) is 17.1 Å². The quantitative estimate of drug-likeness (QED) is 0.173. The van der Waals surface area contributed by atoms with Crippen molar-refractivity contribution >= 4 is 60.9 Å². The molecule has 0 N–H and O–H groups in total. The average molecular weight is 810 g/mol. The molecule has 63 heavy (non-hydrogen) atoms. The highest BCUT2D eigenvalue weighted by Gasteiger charge is 2.38. The maximum absolute atomic E-state index is 7.26. The van der Waals surface area contributed by atoms with Crippen LogP contribution in [0.5, 0.6) is 0 Å². The van der Waals surface area contributed by atoms with Gasteiger partial charge in [0.2, 0.25) is 0 Å². The van der Waals surface area contributed by atoms with Gasteiger partial charge in [0.15, 0.2) is 0 Å². The lowest BCUT2D eigenvalue weighted by molar-refractivity contribution is 0.660. The highest BCUT2D eigenvalue weighted by Crippen LogP contribution is 2.55. The lowest BCUT2D eigenvalue weighted by atomic mass is 9.81. The standard InChI is InChI=1S/C60H43NO2/c1-59(2)46-23-12-8-20-40(46)42-31-29-37(33-48(42)59)55-57-44-22-11-15-27-52(44)62-54(57)35-45-56-51(26-16-28-53(56)63-58(45)55)61(50-25-14-10-19-39(50)36-17-6-5-7-18-36)38-30-32-43-41-21-9-13-24-47(41)60(3,4)49(43)34-38/h5-35H,1-4H3. The van der Waals surface area contributed by atoms with Crippen LogP contribution < -0.4 is 4.90 Å². The molecule has 300 valence electrons. The van der Waals surface area contributed by atoms with Crippen molar-refractivity contribution in [2.24, 2.45) is 0 Å². The summed E-state index contributed by atoms with van der Waals surface area (Å²) < 4.78 is 14.1.